The highest BCUT2D eigenvalue weighted by atomic mass is 35.5. The number of benzene rings is 2. The van der Waals surface area contributed by atoms with Crippen LogP contribution in [-0.2, 0) is 9.53 Å². The molecular weight excluding hydrogens is 368 g/mol. The van der Waals surface area contributed by atoms with Gasteiger partial charge in [-0.2, -0.15) is 0 Å². The fourth-order valence-corrected chi connectivity index (χ4v) is 3.68. The molecule has 1 aliphatic rings. The van der Waals surface area contributed by atoms with E-state index >= 15 is 0 Å². The molecule has 1 N–H and O–H groups in total. The number of amides is 1. The summed E-state index contributed by atoms with van der Waals surface area (Å²) in [4.78, 5) is 15.7. The fraction of sp³-hybridized carbons (Fsp3) is 0.350. The van der Waals surface area contributed by atoms with Gasteiger partial charge in [-0.05, 0) is 36.1 Å². The number of hydrogen-bond donors (Lipinski definition) is 1. The molecule has 0 aromatic heterocycles. The average Bonchev–Trinajstić information content (AvgIpc) is 2.67. The van der Waals surface area contributed by atoms with E-state index in [1.54, 1.807) is 11.8 Å². The minimum Gasteiger partial charge on any atom is -0.371 e. The Morgan fingerprint density at radius 2 is 2.04 bits per heavy atom. The molecule has 2 aromatic rings. The van der Waals surface area contributed by atoms with Gasteiger partial charge in [0.15, 0.2) is 0 Å². The maximum Gasteiger partial charge on any atom is 0.225 e. The highest BCUT2D eigenvalue weighted by Gasteiger charge is 2.22. The third-order valence-electron chi connectivity index (χ3n) is 4.43. The summed E-state index contributed by atoms with van der Waals surface area (Å²) in [5.41, 5.74) is 2.00. The van der Waals surface area contributed by atoms with E-state index in [0.717, 1.165) is 40.8 Å². The van der Waals surface area contributed by atoms with Crippen molar-refractivity contribution in [3.8, 4) is 0 Å². The van der Waals surface area contributed by atoms with E-state index in [0.29, 0.717) is 13.0 Å². The number of carbonyl (C=O) groups excluding carboxylic acids is 1. The first-order valence-corrected chi connectivity index (χ1v) is 10.3. The number of para-hydroxylation sites is 1. The Hall–Kier alpha value is -1.53. The second kappa shape index (κ2) is 9.42. The fourth-order valence-electron chi connectivity index (χ4n) is 3.00. The number of halogens is 1. The Kier molecular flexibility index (Phi) is 6.97. The Balaban J connectivity index is 1.51. The van der Waals surface area contributed by atoms with E-state index in [2.05, 4.69) is 10.2 Å². The van der Waals surface area contributed by atoms with Crippen LogP contribution in [0, 0.1) is 0 Å². The van der Waals surface area contributed by atoms with Crippen LogP contribution in [0.5, 0.6) is 0 Å². The summed E-state index contributed by atoms with van der Waals surface area (Å²) in [5, 5.41) is 3.74. The number of hydrogen-bond acceptors (Lipinski definition) is 4. The van der Waals surface area contributed by atoms with E-state index < -0.39 is 0 Å². The molecule has 1 heterocycles. The van der Waals surface area contributed by atoms with E-state index in [4.69, 9.17) is 16.3 Å². The van der Waals surface area contributed by atoms with Crippen LogP contribution in [-0.4, -0.2) is 43.3 Å². The van der Waals surface area contributed by atoms with Gasteiger partial charge in [-0.15, -0.1) is 11.8 Å². The first-order valence-electron chi connectivity index (χ1n) is 8.68. The molecule has 0 aliphatic carbocycles. The van der Waals surface area contributed by atoms with Gasteiger partial charge in [-0.1, -0.05) is 35.9 Å². The van der Waals surface area contributed by atoms with Gasteiger partial charge in [-0.25, -0.2) is 0 Å². The predicted octanol–water partition coefficient (Wildman–Crippen LogP) is 4.46. The molecule has 0 radical (unpaired) electrons. The molecule has 138 valence electrons. The van der Waals surface area contributed by atoms with E-state index in [1.807, 2.05) is 54.8 Å². The number of anilines is 1. The van der Waals surface area contributed by atoms with Gasteiger partial charge in [-0.3, -0.25) is 9.69 Å². The third kappa shape index (κ3) is 5.24. The van der Waals surface area contributed by atoms with Crippen molar-refractivity contribution in [3.05, 3.63) is 59.1 Å². The zero-order chi connectivity index (χ0) is 18.4. The van der Waals surface area contributed by atoms with Gasteiger partial charge in [0.25, 0.3) is 0 Å². The van der Waals surface area contributed by atoms with Crippen molar-refractivity contribution in [1.29, 1.82) is 0 Å². The van der Waals surface area contributed by atoms with Crippen LogP contribution in [0.1, 0.15) is 18.1 Å². The molecule has 0 bridgehead atoms. The van der Waals surface area contributed by atoms with Gasteiger partial charge in [0.1, 0.15) is 0 Å². The highest BCUT2D eigenvalue weighted by molar-refractivity contribution is 7.98. The van der Waals surface area contributed by atoms with Crippen molar-refractivity contribution < 1.29 is 9.53 Å². The number of morpholine rings is 1. The maximum absolute atomic E-state index is 12.3. The maximum atomic E-state index is 12.3. The van der Waals surface area contributed by atoms with Crippen molar-refractivity contribution in [2.45, 2.75) is 17.4 Å². The lowest BCUT2D eigenvalue weighted by atomic mass is 10.1. The summed E-state index contributed by atoms with van der Waals surface area (Å²) in [6.45, 7) is 3.03. The predicted molar refractivity (Wildman–Crippen MR) is 108 cm³/mol. The van der Waals surface area contributed by atoms with Gasteiger partial charge in [0, 0.05) is 36.0 Å². The van der Waals surface area contributed by atoms with Crippen LogP contribution < -0.4 is 5.32 Å². The first kappa shape index (κ1) is 19.2. The summed E-state index contributed by atoms with van der Waals surface area (Å²) in [7, 11) is 0. The Morgan fingerprint density at radius 1 is 1.27 bits per heavy atom. The molecule has 3 rings (SSSR count). The molecule has 0 unspecified atom stereocenters. The molecule has 0 saturated carbocycles. The Bertz CT molecular complexity index is 739. The molecule has 26 heavy (non-hydrogen) atoms. The second-order valence-electron chi connectivity index (χ2n) is 6.21. The molecule has 4 nitrogen and oxygen atoms in total. The summed E-state index contributed by atoms with van der Waals surface area (Å²) in [6.07, 6.45) is 2.51. The van der Waals surface area contributed by atoms with Crippen LogP contribution in [0.15, 0.2) is 53.4 Å². The lowest BCUT2D eigenvalue weighted by Gasteiger charge is -2.33. The molecule has 0 spiro atoms. The van der Waals surface area contributed by atoms with E-state index in [1.165, 1.54) is 0 Å². The van der Waals surface area contributed by atoms with Crippen LogP contribution in [0.3, 0.4) is 0 Å². The Labute approximate surface area is 163 Å². The lowest BCUT2D eigenvalue weighted by molar-refractivity contribution is -0.117. The van der Waals surface area contributed by atoms with Crippen molar-refractivity contribution in [2.24, 2.45) is 0 Å². The van der Waals surface area contributed by atoms with Gasteiger partial charge in [0.05, 0.1) is 18.4 Å². The molecule has 1 saturated heterocycles. The molecule has 1 amide bonds. The smallest absolute Gasteiger partial charge is 0.225 e. The van der Waals surface area contributed by atoms with Gasteiger partial charge >= 0.3 is 0 Å². The third-order valence-corrected chi connectivity index (χ3v) is 5.48. The van der Waals surface area contributed by atoms with Crippen LogP contribution >= 0.6 is 23.4 Å². The summed E-state index contributed by atoms with van der Waals surface area (Å²) in [6, 6.07) is 15.6. The number of nitrogens with zero attached hydrogens (tertiary/aromatic N) is 1. The summed E-state index contributed by atoms with van der Waals surface area (Å²) in [5.74, 6) is 0.0426. The summed E-state index contributed by atoms with van der Waals surface area (Å²) < 4.78 is 5.88. The SMILES string of the molecule is CSc1ccccc1NC(=O)CCN1CCO[C@@H](c2ccc(Cl)cc2)C1. The molecule has 1 fully saturated rings. The van der Waals surface area contributed by atoms with Crippen molar-refractivity contribution in [1.82, 2.24) is 4.90 Å². The topological polar surface area (TPSA) is 41.6 Å². The molecule has 6 heteroatoms. The molecule has 1 atom stereocenters. The zero-order valence-electron chi connectivity index (χ0n) is 14.8. The second-order valence-corrected chi connectivity index (χ2v) is 7.49. The molecule has 1 aliphatic heterocycles. The number of thioether (sulfide) groups is 1. The standard InChI is InChI=1S/C20H23ClN2O2S/c1-26-19-5-3-2-4-17(19)22-20(24)10-11-23-12-13-25-18(14-23)15-6-8-16(21)9-7-15/h2-9,18H,10-14H2,1H3,(H,22,24)/t18-/m1/s1. The highest BCUT2D eigenvalue weighted by Crippen LogP contribution is 2.25. The van der Waals surface area contributed by atoms with Crippen LogP contribution in [0.4, 0.5) is 5.69 Å². The normalized spacial score (nSPS) is 17.8. The number of rotatable bonds is 6. The number of ether oxygens (including phenoxy) is 1. The van der Waals surface area contributed by atoms with Crippen molar-refractivity contribution >= 4 is 35.0 Å². The average molecular weight is 391 g/mol. The summed E-state index contributed by atoms with van der Waals surface area (Å²) >= 11 is 7.59. The first-order chi connectivity index (χ1) is 12.7. The minimum absolute atomic E-state index is 0.0290. The minimum atomic E-state index is 0.0290. The monoisotopic (exact) mass is 390 g/mol. The number of nitrogens with one attached hydrogen (secondary N) is 1. The Morgan fingerprint density at radius 3 is 2.81 bits per heavy atom. The molecular formula is C20H23ClN2O2S. The van der Waals surface area contributed by atoms with Crippen LogP contribution in [0.25, 0.3) is 0 Å². The van der Waals surface area contributed by atoms with E-state index in [9.17, 15) is 4.79 Å². The molecule has 2 aromatic carbocycles. The van der Waals surface area contributed by atoms with Crippen LogP contribution in [0.2, 0.25) is 5.02 Å². The van der Waals surface area contributed by atoms with E-state index in [-0.39, 0.29) is 12.0 Å². The quantitative estimate of drug-likeness (QED) is 0.739. The largest absolute Gasteiger partial charge is 0.371 e. The van der Waals surface area contributed by atoms with Crippen molar-refractivity contribution in [2.75, 3.05) is 37.8 Å². The number of carbonyl (C=O) groups is 1. The van der Waals surface area contributed by atoms with Crippen molar-refractivity contribution in [3.63, 3.8) is 0 Å². The lowest BCUT2D eigenvalue weighted by Crippen LogP contribution is -2.39. The van der Waals surface area contributed by atoms with Gasteiger partial charge in [0.2, 0.25) is 5.91 Å². The zero-order valence-corrected chi connectivity index (χ0v) is 16.4. The van der Waals surface area contributed by atoms with Gasteiger partial charge < -0.3 is 10.1 Å².